The molecule has 2 aliphatic rings. The molecule has 2 saturated heterocycles. The summed E-state index contributed by atoms with van der Waals surface area (Å²) in [5.41, 5.74) is 0.384. The number of carbonyl (C=O) groups excluding carboxylic acids is 3. The number of rotatable bonds is 5. The Bertz CT molecular complexity index is 841. The van der Waals surface area contributed by atoms with Crippen molar-refractivity contribution in [2.45, 2.75) is 43.9 Å². The zero-order valence-electron chi connectivity index (χ0n) is 15.8. The SMILES string of the molecule is CCOC(=O)C1CCN(S(=O)(=O)c2ccc(N3C(=O)CCCC3=O)cc2)CC1. The van der Waals surface area contributed by atoms with Crippen LogP contribution in [0.1, 0.15) is 39.0 Å². The van der Waals surface area contributed by atoms with Crippen LogP contribution >= 0.6 is 0 Å². The minimum atomic E-state index is -3.71. The van der Waals surface area contributed by atoms with Gasteiger partial charge < -0.3 is 4.74 Å². The lowest BCUT2D eigenvalue weighted by Gasteiger charge is -2.30. The van der Waals surface area contributed by atoms with Gasteiger partial charge in [0.2, 0.25) is 21.8 Å². The van der Waals surface area contributed by atoms with E-state index in [4.69, 9.17) is 4.74 Å². The Hall–Kier alpha value is -2.26. The number of imide groups is 1. The molecule has 0 N–H and O–H groups in total. The summed E-state index contributed by atoms with van der Waals surface area (Å²) in [5.74, 6) is -1.09. The second-order valence-electron chi connectivity index (χ2n) is 6.90. The first kappa shape index (κ1) is 20.5. The van der Waals surface area contributed by atoms with Gasteiger partial charge in [-0.05, 0) is 50.5 Å². The molecule has 2 heterocycles. The number of esters is 1. The smallest absolute Gasteiger partial charge is 0.309 e. The summed E-state index contributed by atoms with van der Waals surface area (Å²) in [6.45, 7) is 2.55. The molecule has 0 bridgehead atoms. The lowest BCUT2D eigenvalue weighted by atomic mass is 9.98. The van der Waals surface area contributed by atoms with Crippen molar-refractivity contribution in [2.75, 3.05) is 24.6 Å². The fourth-order valence-corrected chi connectivity index (χ4v) is 5.02. The molecular weight excluding hydrogens is 384 g/mol. The van der Waals surface area contributed by atoms with Crippen LogP contribution in [0.2, 0.25) is 0 Å². The van der Waals surface area contributed by atoms with Gasteiger partial charge in [0.05, 0.1) is 23.1 Å². The van der Waals surface area contributed by atoms with Gasteiger partial charge in [0.1, 0.15) is 0 Å². The molecule has 152 valence electrons. The van der Waals surface area contributed by atoms with Crippen LogP contribution in [0, 0.1) is 5.92 Å². The second-order valence-corrected chi connectivity index (χ2v) is 8.84. The number of benzene rings is 1. The normalized spacial score (nSPS) is 19.7. The summed E-state index contributed by atoms with van der Waals surface area (Å²) < 4.78 is 32.1. The molecule has 9 heteroatoms. The molecule has 1 aromatic carbocycles. The van der Waals surface area contributed by atoms with Crippen molar-refractivity contribution in [3.8, 4) is 0 Å². The highest BCUT2D eigenvalue weighted by Crippen LogP contribution is 2.27. The number of piperidine rings is 2. The molecule has 2 amide bonds. The van der Waals surface area contributed by atoms with Crippen molar-refractivity contribution in [3.05, 3.63) is 24.3 Å². The van der Waals surface area contributed by atoms with Crippen molar-refractivity contribution in [1.29, 1.82) is 0 Å². The van der Waals surface area contributed by atoms with E-state index in [0.717, 1.165) is 4.90 Å². The van der Waals surface area contributed by atoms with Gasteiger partial charge in [-0.3, -0.25) is 19.3 Å². The summed E-state index contributed by atoms with van der Waals surface area (Å²) in [5, 5.41) is 0. The summed E-state index contributed by atoms with van der Waals surface area (Å²) in [4.78, 5) is 37.0. The summed E-state index contributed by atoms with van der Waals surface area (Å²) >= 11 is 0. The summed E-state index contributed by atoms with van der Waals surface area (Å²) in [6.07, 6.45) is 2.00. The number of amides is 2. The van der Waals surface area contributed by atoms with Gasteiger partial charge in [0.15, 0.2) is 0 Å². The number of ether oxygens (including phenoxy) is 1. The summed E-state index contributed by atoms with van der Waals surface area (Å²) in [7, 11) is -3.71. The number of hydrogen-bond donors (Lipinski definition) is 0. The topological polar surface area (TPSA) is 101 Å². The maximum absolute atomic E-state index is 12.9. The largest absolute Gasteiger partial charge is 0.466 e. The molecular formula is C19H24N2O6S. The molecule has 0 atom stereocenters. The van der Waals surface area contributed by atoms with E-state index in [2.05, 4.69) is 0 Å². The fraction of sp³-hybridized carbons (Fsp3) is 0.526. The molecule has 2 fully saturated rings. The molecule has 0 saturated carbocycles. The Kier molecular flexibility index (Phi) is 6.14. The number of carbonyl (C=O) groups is 3. The predicted octanol–water partition coefficient (Wildman–Crippen LogP) is 1.69. The van der Waals surface area contributed by atoms with E-state index < -0.39 is 10.0 Å². The van der Waals surface area contributed by atoms with E-state index in [-0.39, 0.29) is 41.7 Å². The molecule has 1 aromatic rings. The van der Waals surface area contributed by atoms with Gasteiger partial charge in [-0.15, -0.1) is 0 Å². The Balaban J connectivity index is 1.70. The third kappa shape index (κ3) is 4.10. The molecule has 0 aliphatic carbocycles. The molecule has 0 unspecified atom stereocenters. The number of hydrogen-bond acceptors (Lipinski definition) is 6. The van der Waals surface area contributed by atoms with Crippen molar-refractivity contribution >= 4 is 33.5 Å². The zero-order valence-corrected chi connectivity index (χ0v) is 16.6. The molecule has 8 nitrogen and oxygen atoms in total. The highest BCUT2D eigenvalue weighted by atomic mass is 32.2. The average molecular weight is 408 g/mol. The third-order valence-corrected chi connectivity index (χ3v) is 7.00. The van der Waals surface area contributed by atoms with Crippen LogP contribution in [0.5, 0.6) is 0 Å². The van der Waals surface area contributed by atoms with E-state index in [1.165, 1.54) is 28.6 Å². The summed E-state index contributed by atoms with van der Waals surface area (Å²) in [6, 6.07) is 5.80. The van der Waals surface area contributed by atoms with Gasteiger partial charge in [-0.2, -0.15) is 4.31 Å². The van der Waals surface area contributed by atoms with Crippen LogP contribution in [-0.2, 0) is 29.1 Å². The third-order valence-electron chi connectivity index (χ3n) is 5.09. The lowest BCUT2D eigenvalue weighted by molar-refractivity contribution is -0.149. The first-order valence-electron chi connectivity index (χ1n) is 9.47. The van der Waals surface area contributed by atoms with Crippen LogP contribution in [-0.4, -0.2) is 50.2 Å². The zero-order chi connectivity index (χ0) is 20.3. The Morgan fingerprint density at radius 1 is 1.07 bits per heavy atom. The fourth-order valence-electron chi connectivity index (χ4n) is 3.55. The maximum atomic E-state index is 12.9. The van der Waals surface area contributed by atoms with Gasteiger partial charge in [0.25, 0.3) is 0 Å². The van der Waals surface area contributed by atoms with Gasteiger partial charge in [-0.25, -0.2) is 8.42 Å². The van der Waals surface area contributed by atoms with Crippen molar-refractivity contribution in [3.63, 3.8) is 0 Å². The molecule has 0 radical (unpaired) electrons. The molecule has 28 heavy (non-hydrogen) atoms. The van der Waals surface area contributed by atoms with E-state index in [1.807, 2.05) is 0 Å². The second kappa shape index (κ2) is 8.40. The van der Waals surface area contributed by atoms with E-state index >= 15 is 0 Å². The molecule has 0 aromatic heterocycles. The van der Waals surface area contributed by atoms with Gasteiger partial charge >= 0.3 is 5.97 Å². The highest BCUT2D eigenvalue weighted by molar-refractivity contribution is 7.89. The van der Waals surface area contributed by atoms with Crippen molar-refractivity contribution < 1.29 is 27.5 Å². The molecule has 0 spiro atoms. The van der Waals surface area contributed by atoms with E-state index in [9.17, 15) is 22.8 Å². The van der Waals surface area contributed by atoms with Crippen LogP contribution in [0.15, 0.2) is 29.2 Å². The van der Waals surface area contributed by atoms with E-state index in [1.54, 1.807) is 6.92 Å². The monoisotopic (exact) mass is 408 g/mol. The van der Waals surface area contributed by atoms with Crippen molar-refractivity contribution in [2.24, 2.45) is 5.92 Å². The quantitative estimate of drug-likeness (QED) is 0.543. The van der Waals surface area contributed by atoms with Crippen LogP contribution < -0.4 is 4.90 Å². The van der Waals surface area contributed by atoms with Crippen molar-refractivity contribution in [1.82, 2.24) is 4.31 Å². The number of nitrogens with zero attached hydrogens (tertiary/aromatic N) is 2. The minimum absolute atomic E-state index is 0.0998. The van der Waals surface area contributed by atoms with Gasteiger partial charge in [0, 0.05) is 25.9 Å². The minimum Gasteiger partial charge on any atom is -0.466 e. The van der Waals surface area contributed by atoms with Crippen LogP contribution in [0.25, 0.3) is 0 Å². The Morgan fingerprint density at radius 2 is 1.64 bits per heavy atom. The number of anilines is 1. The van der Waals surface area contributed by atoms with Gasteiger partial charge in [-0.1, -0.05) is 0 Å². The number of sulfonamides is 1. The Labute approximate surface area is 164 Å². The molecule has 2 aliphatic heterocycles. The van der Waals surface area contributed by atoms with E-state index in [0.29, 0.717) is 44.4 Å². The predicted molar refractivity (Wildman–Crippen MR) is 101 cm³/mol. The lowest BCUT2D eigenvalue weighted by Crippen LogP contribution is -2.41. The van der Waals surface area contributed by atoms with Crippen LogP contribution in [0.4, 0.5) is 5.69 Å². The Morgan fingerprint density at radius 3 is 2.18 bits per heavy atom. The maximum Gasteiger partial charge on any atom is 0.309 e. The first-order valence-corrected chi connectivity index (χ1v) is 10.9. The molecule has 3 rings (SSSR count). The highest BCUT2D eigenvalue weighted by Gasteiger charge is 2.33. The van der Waals surface area contributed by atoms with Crippen LogP contribution in [0.3, 0.4) is 0 Å². The average Bonchev–Trinajstić information content (AvgIpc) is 2.68. The standard InChI is InChI=1S/C19H24N2O6S/c1-2-27-19(24)14-10-12-20(13-11-14)28(25,26)16-8-6-15(7-9-16)21-17(22)4-3-5-18(21)23/h6-9,14H,2-5,10-13H2,1H3. The first-order chi connectivity index (χ1) is 13.3.